The number of imidazole rings is 1. The smallest absolute Gasteiger partial charge is 0.251 e. The quantitative estimate of drug-likeness (QED) is 0.403. The Morgan fingerprint density at radius 1 is 1.00 bits per heavy atom. The SMILES string of the molecule is CCc1ccc(CNC(=O)c2ccc3c(c2)sc2nc(-c4ccccc4)cn23)cc1. The number of benzene rings is 3. The van der Waals surface area contributed by atoms with Gasteiger partial charge in [-0.2, -0.15) is 0 Å². The van der Waals surface area contributed by atoms with E-state index in [-0.39, 0.29) is 5.91 Å². The van der Waals surface area contributed by atoms with Crippen LogP contribution >= 0.6 is 11.3 Å². The Morgan fingerprint density at radius 3 is 2.53 bits per heavy atom. The number of hydrogen-bond acceptors (Lipinski definition) is 3. The monoisotopic (exact) mass is 411 g/mol. The molecule has 5 aromatic rings. The van der Waals surface area contributed by atoms with Crippen molar-refractivity contribution in [2.75, 3.05) is 0 Å². The van der Waals surface area contributed by atoms with Gasteiger partial charge >= 0.3 is 0 Å². The molecule has 5 rings (SSSR count). The van der Waals surface area contributed by atoms with E-state index in [9.17, 15) is 4.79 Å². The zero-order valence-corrected chi connectivity index (χ0v) is 17.4. The summed E-state index contributed by atoms with van der Waals surface area (Å²) in [4.78, 5) is 18.3. The molecule has 0 spiro atoms. The standard InChI is InChI=1S/C25H21N3OS/c1-2-17-8-10-18(11-9-17)15-26-24(29)20-12-13-22-23(14-20)30-25-27-21(16-28(22)25)19-6-4-3-5-7-19/h3-14,16H,2,15H2,1H3,(H,26,29). The first kappa shape index (κ1) is 18.6. The number of aromatic nitrogens is 2. The van der Waals surface area contributed by atoms with Crippen LogP contribution in [-0.2, 0) is 13.0 Å². The Balaban J connectivity index is 1.37. The van der Waals surface area contributed by atoms with Crippen molar-refractivity contribution in [1.29, 1.82) is 0 Å². The van der Waals surface area contributed by atoms with Gasteiger partial charge in [0.05, 0.1) is 15.9 Å². The third-order valence-corrected chi connectivity index (χ3v) is 6.33. The molecule has 0 unspecified atom stereocenters. The molecule has 0 radical (unpaired) electrons. The molecule has 0 saturated heterocycles. The van der Waals surface area contributed by atoms with Crippen molar-refractivity contribution in [2.45, 2.75) is 19.9 Å². The molecule has 5 heteroatoms. The summed E-state index contributed by atoms with van der Waals surface area (Å²) in [6.45, 7) is 2.66. The highest BCUT2D eigenvalue weighted by Gasteiger charge is 2.13. The highest BCUT2D eigenvalue weighted by molar-refractivity contribution is 7.23. The van der Waals surface area contributed by atoms with Crippen molar-refractivity contribution < 1.29 is 4.79 Å². The van der Waals surface area contributed by atoms with Crippen LogP contribution in [-0.4, -0.2) is 15.3 Å². The molecule has 4 nitrogen and oxygen atoms in total. The summed E-state index contributed by atoms with van der Waals surface area (Å²) in [5.41, 5.74) is 6.19. The van der Waals surface area contributed by atoms with Gasteiger partial charge in [0.2, 0.25) is 0 Å². The van der Waals surface area contributed by atoms with Gasteiger partial charge in [-0.15, -0.1) is 0 Å². The normalized spacial score (nSPS) is 11.2. The average Bonchev–Trinajstić information content (AvgIpc) is 3.36. The predicted molar refractivity (Wildman–Crippen MR) is 123 cm³/mol. The Bertz CT molecular complexity index is 1330. The number of fused-ring (bicyclic) bond motifs is 3. The lowest BCUT2D eigenvalue weighted by Gasteiger charge is -2.06. The molecule has 0 aliphatic heterocycles. The lowest BCUT2D eigenvalue weighted by atomic mass is 10.1. The maximum Gasteiger partial charge on any atom is 0.251 e. The number of nitrogens with one attached hydrogen (secondary N) is 1. The molecule has 0 atom stereocenters. The van der Waals surface area contributed by atoms with Gasteiger partial charge in [-0.3, -0.25) is 9.20 Å². The Kier molecular flexibility index (Phi) is 4.81. The minimum absolute atomic E-state index is 0.0625. The van der Waals surface area contributed by atoms with Crippen molar-refractivity contribution in [2.24, 2.45) is 0 Å². The number of rotatable bonds is 5. The van der Waals surface area contributed by atoms with Gasteiger partial charge in [-0.25, -0.2) is 4.98 Å². The molecule has 0 aliphatic carbocycles. The van der Waals surface area contributed by atoms with E-state index >= 15 is 0 Å². The summed E-state index contributed by atoms with van der Waals surface area (Å²) in [7, 11) is 0. The van der Waals surface area contributed by atoms with Crippen LogP contribution in [0.1, 0.15) is 28.4 Å². The summed E-state index contributed by atoms with van der Waals surface area (Å²) in [6.07, 6.45) is 3.08. The third-order valence-electron chi connectivity index (χ3n) is 5.31. The van der Waals surface area contributed by atoms with Crippen LogP contribution < -0.4 is 5.32 Å². The molecule has 0 fully saturated rings. The van der Waals surface area contributed by atoms with Crippen LogP contribution in [0.3, 0.4) is 0 Å². The summed E-state index contributed by atoms with van der Waals surface area (Å²) >= 11 is 1.60. The number of carbonyl (C=O) groups is 1. The molecule has 0 aliphatic rings. The summed E-state index contributed by atoms with van der Waals surface area (Å²) in [5.74, 6) is -0.0625. The molecule has 0 saturated carbocycles. The summed E-state index contributed by atoms with van der Waals surface area (Å²) in [5, 5.41) is 3.02. The fourth-order valence-corrected chi connectivity index (χ4v) is 4.61. The minimum Gasteiger partial charge on any atom is -0.348 e. The second-order valence-corrected chi connectivity index (χ2v) is 8.29. The zero-order chi connectivity index (χ0) is 20.5. The number of nitrogens with zero attached hydrogens (tertiary/aromatic N) is 2. The molecule has 2 heterocycles. The fourth-order valence-electron chi connectivity index (χ4n) is 3.57. The van der Waals surface area contributed by atoms with E-state index in [1.807, 2.05) is 36.4 Å². The Hall–Kier alpha value is -3.44. The number of carbonyl (C=O) groups excluding carboxylic acids is 1. The van der Waals surface area contributed by atoms with Crippen LogP contribution in [0.15, 0.2) is 79.0 Å². The van der Waals surface area contributed by atoms with Crippen LogP contribution in [0.2, 0.25) is 0 Å². The number of thiazole rings is 1. The topological polar surface area (TPSA) is 46.4 Å². The second kappa shape index (κ2) is 7.76. The van der Waals surface area contributed by atoms with Crippen molar-refractivity contribution in [3.63, 3.8) is 0 Å². The van der Waals surface area contributed by atoms with Crippen LogP contribution in [0.5, 0.6) is 0 Å². The zero-order valence-electron chi connectivity index (χ0n) is 16.6. The maximum atomic E-state index is 12.6. The predicted octanol–water partition coefficient (Wildman–Crippen LogP) is 5.71. The third kappa shape index (κ3) is 3.48. The van der Waals surface area contributed by atoms with Crippen LogP contribution in [0, 0.1) is 0 Å². The average molecular weight is 412 g/mol. The lowest BCUT2D eigenvalue weighted by molar-refractivity contribution is 0.0951. The van der Waals surface area contributed by atoms with Gasteiger partial charge in [0.1, 0.15) is 0 Å². The Labute approximate surface area is 178 Å². The van der Waals surface area contributed by atoms with Crippen LogP contribution in [0.25, 0.3) is 26.4 Å². The van der Waals surface area contributed by atoms with E-state index in [1.165, 1.54) is 5.56 Å². The first-order chi connectivity index (χ1) is 14.7. The molecule has 2 aromatic heterocycles. The number of aryl methyl sites for hydroxylation is 1. The molecular weight excluding hydrogens is 390 g/mol. The van der Waals surface area contributed by atoms with Crippen molar-refractivity contribution in [3.05, 3.63) is 95.7 Å². The largest absolute Gasteiger partial charge is 0.348 e. The number of amides is 1. The van der Waals surface area contributed by atoms with Gasteiger partial charge < -0.3 is 5.32 Å². The Morgan fingerprint density at radius 2 is 1.77 bits per heavy atom. The van der Waals surface area contributed by atoms with Gasteiger partial charge in [-0.05, 0) is 35.7 Å². The first-order valence-corrected chi connectivity index (χ1v) is 10.9. The number of hydrogen-bond donors (Lipinski definition) is 1. The fraction of sp³-hybridized carbons (Fsp3) is 0.120. The van der Waals surface area contributed by atoms with E-state index in [0.29, 0.717) is 12.1 Å². The van der Waals surface area contributed by atoms with Gasteiger partial charge in [0, 0.05) is 23.9 Å². The van der Waals surface area contributed by atoms with E-state index in [0.717, 1.165) is 38.4 Å². The van der Waals surface area contributed by atoms with Gasteiger partial charge in [0.15, 0.2) is 4.96 Å². The molecule has 1 amide bonds. The second-order valence-electron chi connectivity index (χ2n) is 7.28. The van der Waals surface area contributed by atoms with Crippen molar-refractivity contribution in [3.8, 4) is 11.3 Å². The molecule has 30 heavy (non-hydrogen) atoms. The highest BCUT2D eigenvalue weighted by Crippen LogP contribution is 2.30. The maximum absolute atomic E-state index is 12.6. The highest BCUT2D eigenvalue weighted by atomic mass is 32.1. The van der Waals surface area contributed by atoms with E-state index in [1.54, 1.807) is 11.3 Å². The molecular formula is C25H21N3OS. The lowest BCUT2D eigenvalue weighted by Crippen LogP contribution is -2.22. The minimum atomic E-state index is -0.0625. The molecule has 1 N–H and O–H groups in total. The van der Waals surface area contributed by atoms with E-state index in [4.69, 9.17) is 4.98 Å². The van der Waals surface area contributed by atoms with Crippen molar-refractivity contribution in [1.82, 2.24) is 14.7 Å². The summed E-state index contributed by atoms with van der Waals surface area (Å²) in [6, 6.07) is 24.4. The van der Waals surface area contributed by atoms with Crippen molar-refractivity contribution >= 4 is 32.4 Å². The molecule has 0 bridgehead atoms. The van der Waals surface area contributed by atoms with Gasteiger partial charge in [0.25, 0.3) is 5.91 Å². The summed E-state index contributed by atoms with van der Waals surface area (Å²) < 4.78 is 3.15. The molecule has 3 aromatic carbocycles. The first-order valence-electron chi connectivity index (χ1n) is 10.0. The van der Waals surface area contributed by atoms with Crippen LogP contribution in [0.4, 0.5) is 0 Å². The van der Waals surface area contributed by atoms with Gasteiger partial charge in [-0.1, -0.05) is 72.9 Å². The van der Waals surface area contributed by atoms with E-state index < -0.39 is 0 Å². The molecule has 148 valence electrons. The van der Waals surface area contributed by atoms with E-state index in [2.05, 4.69) is 59.2 Å².